The Kier molecular flexibility index (Phi) is 9.03. The van der Waals surface area contributed by atoms with Gasteiger partial charge in [-0.2, -0.15) is 0 Å². The summed E-state index contributed by atoms with van der Waals surface area (Å²) in [6, 6.07) is 18.5. The number of pyridine rings is 1. The minimum atomic E-state index is -1.67. The van der Waals surface area contributed by atoms with Crippen molar-refractivity contribution in [1.82, 2.24) is 20.1 Å². The molecular weight excluding hydrogens is 524 g/mol. The Balaban J connectivity index is 1.68. The smallest absolute Gasteiger partial charge is 0.374 e. The van der Waals surface area contributed by atoms with Gasteiger partial charge in [0.2, 0.25) is 5.91 Å². The Morgan fingerprint density at radius 3 is 2.20 bits per heavy atom. The van der Waals surface area contributed by atoms with Gasteiger partial charge in [0.05, 0.1) is 11.3 Å². The Morgan fingerprint density at radius 1 is 0.951 bits per heavy atom. The molecular formula is C31H30N4O6. The van der Waals surface area contributed by atoms with Gasteiger partial charge in [-0.3, -0.25) is 29.1 Å². The minimum absolute atomic E-state index is 0.0327. The zero-order valence-electron chi connectivity index (χ0n) is 22.6. The van der Waals surface area contributed by atoms with Crippen molar-refractivity contribution in [3.63, 3.8) is 0 Å². The molecule has 1 aliphatic heterocycles. The van der Waals surface area contributed by atoms with Gasteiger partial charge in [-0.1, -0.05) is 74.5 Å². The Labute approximate surface area is 237 Å². The summed E-state index contributed by atoms with van der Waals surface area (Å²) in [6.07, 6.45) is 4.49. The van der Waals surface area contributed by atoms with Gasteiger partial charge < -0.3 is 15.3 Å². The summed E-state index contributed by atoms with van der Waals surface area (Å²) in [7, 11) is 0. The molecule has 4 rings (SSSR count). The second kappa shape index (κ2) is 12.8. The maximum absolute atomic E-state index is 14.0. The third kappa shape index (κ3) is 6.73. The van der Waals surface area contributed by atoms with E-state index in [9.17, 15) is 29.1 Å². The number of rotatable bonds is 10. The van der Waals surface area contributed by atoms with Crippen LogP contribution in [-0.4, -0.2) is 68.0 Å². The molecule has 0 unspecified atom stereocenters. The number of carbonyl (C=O) groups excluding carboxylic acids is 4. The van der Waals surface area contributed by atoms with Crippen molar-refractivity contribution >= 4 is 35.2 Å². The summed E-state index contributed by atoms with van der Waals surface area (Å²) in [6.45, 7) is 3.11. The number of carboxylic acids is 1. The number of carboxylic acid groups (broad SMARTS) is 1. The van der Waals surface area contributed by atoms with E-state index >= 15 is 0 Å². The highest BCUT2D eigenvalue weighted by molar-refractivity contribution is 6.35. The highest BCUT2D eigenvalue weighted by Crippen LogP contribution is 2.31. The Hall–Kier alpha value is -5.12. The van der Waals surface area contributed by atoms with Crippen LogP contribution in [0.4, 0.5) is 0 Å². The first-order chi connectivity index (χ1) is 19.7. The number of nitrogens with one attached hydrogen (secondary N) is 1. The third-order valence-electron chi connectivity index (χ3n) is 6.66. The average molecular weight is 555 g/mol. The highest BCUT2D eigenvalue weighted by atomic mass is 16.4. The number of Topliss-reactive ketones (excluding diaryl/α,β-unsaturated/α-hetero) is 1. The summed E-state index contributed by atoms with van der Waals surface area (Å²) in [5, 5.41) is 11.9. The van der Waals surface area contributed by atoms with Gasteiger partial charge in [-0.15, -0.1) is 0 Å². The Bertz CT molecular complexity index is 1460. The lowest BCUT2D eigenvalue weighted by Crippen LogP contribution is -2.57. The number of amides is 3. The van der Waals surface area contributed by atoms with Crippen molar-refractivity contribution in [2.45, 2.75) is 32.4 Å². The second-order valence-corrected chi connectivity index (χ2v) is 9.93. The number of hydrogen-bond acceptors (Lipinski definition) is 6. The van der Waals surface area contributed by atoms with Crippen LogP contribution in [0, 0.1) is 5.92 Å². The summed E-state index contributed by atoms with van der Waals surface area (Å²) in [5.41, 5.74) is 1.86. The van der Waals surface area contributed by atoms with Gasteiger partial charge in [0.25, 0.3) is 17.6 Å². The van der Waals surface area contributed by atoms with Crippen LogP contribution < -0.4 is 5.32 Å². The number of nitrogens with zero attached hydrogens (tertiary/aromatic N) is 3. The molecule has 0 radical (unpaired) electrons. The summed E-state index contributed by atoms with van der Waals surface area (Å²) in [4.78, 5) is 71.4. The van der Waals surface area contributed by atoms with E-state index in [1.165, 1.54) is 16.0 Å². The Morgan fingerprint density at radius 2 is 1.61 bits per heavy atom. The van der Waals surface area contributed by atoms with Crippen LogP contribution in [0.1, 0.15) is 35.3 Å². The van der Waals surface area contributed by atoms with Crippen molar-refractivity contribution in [2.24, 2.45) is 5.92 Å². The fourth-order valence-electron chi connectivity index (χ4n) is 4.70. The lowest BCUT2D eigenvalue weighted by Gasteiger charge is -2.41. The molecule has 10 nitrogen and oxygen atoms in total. The molecule has 0 saturated carbocycles. The van der Waals surface area contributed by atoms with Crippen molar-refractivity contribution in [3.8, 4) is 0 Å². The van der Waals surface area contributed by atoms with Gasteiger partial charge in [0.15, 0.2) is 0 Å². The monoisotopic (exact) mass is 554 g/mol. The first-order valence-electron chi connectivity index (χ1n) is 13.1. The van der Waals surface area contributed by atoms with Gasteiger partial charge in [0, 0.05) is 25.0 Å². The van der Waals surface area contributed by atoms with E-state index in [0.29, 0.717) is 22.4 Å². The van der Waals surface area contributed by atoms with Crippen molar-refractivity contribution in [3.05, 3.63) is 108 Å². The zero-order chi connectivity index (χ0) is 29.5. The van der Waals surface area contributed by atoms with Crippen LogP contribution >= 0.6 is 0 Å². The molecule has 1 aliphatic rings. The number of ketones is 1. The number of hydrogen-bond donors (Lipinski definition) is 2. The van der Waals surface area contributed by atoms with Gasteiger partial charge in [-0.05, 0) is 29.2 Å². The van der Waals surface area contributed by atoms with E-state index in [1.54, 1.807) is 99.0 Å². The molecule has 10 heteroatoms. The summed E-state index contributed by atoms with van der Waals surface area (Å²) >= 11 is 0. The number of carbonyl (C=O) groups is 5. The molecule has 0 aliphatic carbocycles. The van der Waals surface area contributed by atoms with E-state index in [2.05, 4.69) is 10.3 Å². The summed E-state index contributed by atoms with van der Waals surface area (Å²) in [5.74, 6) is -4.78. The first kappa shape index (κ1) is 28.9. The van der Waals surface area contributed by atoms with Crippen LogP contribution in [0.2, 0.25) is 0 Å². The van der Waals surface area contributed by atoms with E-state index in [-0.39, 0.29) is 12.3 Å². The highest BCUT2D eigenvalue weighted by Gasteiger charge is 2.41. The maximum Gasteiger partial charge on any atom is 0.374 e. The standard InChI is InChI=1S/C31H30N4O6/c1-20(2)27-30(39)34(19-26(36)33-24(28(37)31(40)41)16-21-10-5-3-6-11-21)25(22-12-7-4-8-13-22)18-35(27)29(38)23-14-9-15-32-17-23/h3-15,17-18,20,24,27H,16,19H2,1-2H3,(H,33,36)(H,40,41)/t24-,27-/m0/s1. The van der Waals surface area contributed by atoms with E-state index in [1.807, 2.05) is 0 Å². The van der Waals surface area contributed by atoms with Gasteiger partial charge in [0.1, 0.15) is 18.6 Å². The molecule has 0 fully saturated rings. The molecule has 3 aromatic rings. The van der Waals surface area contributed by atoms with Crippen molar-refractivity contribution in [1.29, 1.82) is 0 Å². The molecule has 2 atom stereocenters. The molecule has 0 bridgehead atoms. The predicted octanol–water partition coefficient (Wildman–Crippen LogP) is 2.77. The maximum atomic E-state index is 14.0. The number of benzene rings is 2. The molecule has 0 spiro atoms. The van der Waals surface area contributed by atoms with Gasteiger partial charge >= 0.3 is 5.97 Å². The van der Waals surface area contributed by atoms with Crippen molar-refractivity contribution < 1.29 is 29.1 Å². The average Bonchev–Trinajstić information content (AvgIpc) is 2.98. The molecule has 1 aromatic heterocycles. The normalized spacial score (nSPS) is 15.7. The second-order valence-electron chi connectivity index (χ2n) is 9.93. The van der Waals surface area contributed by atoms with Crippen LogP contribution in [-0.2, 0) is 25.6 Å². The number of aromatic nitrogens is 1. The molecule has 2 aromatic carbocycles. The molecule has 41 heavy (non-hydrogen) atoms. The minimum Gasteiger partial charge on any atom is -0.475 e. The van der Waals surface area contributed by atoms with Crippen LogP contribution in [0.15, 0.2) is 91.4 Å². The quantitative estimate of drug-likeness (QED) is 0.368. The summed E-state index contributed by atoms with van der Waals surface area (Å²) < 4.78 is 0. The first-order valence-corrected chi connectivity index (χ1v) is 13.1. The molecule has 2 N–H and O–H groups in total. The molecule has 3 amide bonds. The zero-order valence-corrected chi connectivity index (χ0v) is 22.6. The molecule has 2 heterocycles. The topological polar surface area (TPSA) is 137 Å². The van der Waals surface area contributed by atoms with E-state index in [0.717, 1.165) is 0 Å². The predicted molar refractivity (Wildman–Crippen MR) is 150 cm³/mol. The van der Waals surface area contributed by atoms with Crippen LogP contribution in [0.5, 0.6) is 0 Å². The van der Waals surface area contributed by atoms with Gasteiger partial charge in [-0.25, -0.2) is 4.79 Å². The lowest BCUT2D eigenvalue weighted by atomic mass is 9.96. The van der Waals surface area contributed by atoms with Crippen LogP contribution in [0.25, 0.3) is 5.70 Å². The molecule has 210 valence electrons. The van der Waals surface area contributed by atoms with E-state index in [4.69, 9.17) is 0 Å². The number of aliphatic carboxylic acids is 1. The lowest BCUT2D eigenvalue weighted by molar-refractivity contribution is -0.150. The van der Waals surface area contributed by atoms with Crippen LogP contribution in [0.3, 0.4) is 0 Å². The third-order valence-corrected chi connectivity index (χ3v) is 6.66. The fourth-order valence-corrected chi connectivity index (χ4v) is 4.70. The molecule has 0 saturated heterocycles. The fraction of sp³-hybridized carbons (Fsp3) is 0.226. The largest absolute Gasteiger partial charge is 0.475 e. The van der Waals surface area contributed by atoms with Crippen molar-refractivity contribution in [2.75, 3.05) is 6.54 Å². The SMILES string of the molecule is CC(C)[C@H]1C(=O)N(CC(=O)N[C@@H](Cc2ccccc2)C(=O)C(=O)O)C(c2ccccc2)=CN1C(=O)c1cccnc1. The van der Waals surface area contributed by atoms with E-state index < -0.39 is 48.1 Å².